The second-order valence-electron chi connectivity index (χ2n) is 5.33. The van der Waals surface area contributed by atoms with Gasteiger partial charge in [-0.3, -0.25) is 4.79 Å². The lowest BCUT2D eigenvalue weighted by Gasteiger charge is -2.17. The van der Waals surface area contributed by atoms with E-state index in [0.29, 0.717) is 11.2 Å². The van der Waals surface area contributed by atoms with Gasteiger partial charge in [-0.05, 0) is 19.3 Å². The molecule has 2 atom stereocenters. The van der Waals surface area contributed by atoms with E-state index in [0.717, 1.165) is 6.42 Å². The molecule has 0 amide bonds. The summed E-state index contributed by atoms with van der Waals surface area (Å²) in [6.45, 7) is 6.49. The Bertz CT molecular complexity index is 207. The van der Waals surface area contributed by atoms with Crippen molar-refractivity contribution in [1.29, 1.82) is 0 Å². The molecule has 0 aliphatic carbocycles. The monoisotopic (exact) mass is 320 g/mol. The van der Waals surface area contributed by atoms with E-state index in [1.807, 2.05) is 6.92 Å². The van der Waals surface area contributed by atoms with Crippen LogP contribution < -0.4 is 0 Å². The average molecular weight is 321 g/mol. The van der Waals surface area contributed by atoms with E-state index >= 15 is 0 Å². The SMILES string of the molecule is CCCCCCCCC(C)CC(C)OC(=O)CBr. The number of hydrogen-bond donors (Lipinski definition) is 0. The van der Waals surface area contributed by atoms with Crippen molar-refractivity contribution in [2.75, 3.05) is 5.33 Å². The second kappa shape index (κ2) is 12.0. The van der Waals surface area contributed by atoms with Crippen LogP contribution in [0.4, 0.5) is 0 Å². The lowest BCUT2D eigenvalue weighted by atomic mass is 9.97. The van der Waals surface area contributed by atoms with Gasteiger partial charge in [0.1, 0.15) is 5.33 Å². The summed E-state index contributed by atoms with van der Waals surface area (Å²) in [5, 5.41) is 0.295. The van der Waals surface area contributed by atoms with Crippen LogP contribution in [0, 0.1) is 5.92 Å². The molecular weight excluding hydrogens is 292 g/mol. The Kier molecular flexibility index (Phi) is 12.0. The number of ether oxygens (including phenoxy) is 1. The molecule has 0 bridgehead atoms. The fraction of sp³-hybridized carbons (Fsp3) is 0.933. The van der Waals surface area contributed by atoms with E-state index in [9.17, 15) is 4.79 Å². The van der Waals surface area contributed by atoms with Gasteiger partial charge in [0.2, 0.25) is 0 Å². The van der Waals surface area contributed by atoms with Crippen LogP contribution in [0.5, 0.6) is 0 Å². The number of carbonyl (C=O) groups is 1. The van der Waals surface area contributed by atoms with Crippen molar-refractivity contribution in [2.45, 2.75) is 78.2 Å². The molecule has 0 N–H and O–H groups in total. The Hall–Kier alpha value is -0.0500. The minimum Gasteiger partial charge on any atom is -0.462 e. The van der Waals surface area contributed by atoms with Crippen LogP contribution in [0.2, 0.25) is 0 Å². The van der Waals surface area contributed by atoms with Gasteiger partial charge in [-0.1, -0.05) is 74.7 Å². The maximum Gasteiger partial charge on any atom is 0.316 e. The quantitative estimate of drug-likeness (QED) is 0.301. The Morgan fingerprint density at radius 3 is 2.33 bits per heavy atom. The van der Waals surface area contributed by atoms with E-state index in [-0.39, 0.29) is 12.1 Å². The maximum atomic E-state index is 11.1. The van der Waals surface area contributed by atoms with Gasteiger partial charge in [0.25, 0.3) is 0 Å². The highest BCUT2D eigenvalue weighted by Gasteiger charge is 2.12. The summed E-state index contributed by atoms with van der Waals surface area (Å²) in [5.74, 6) is 0.489. The zero-order valence-corrected chi connectivity index (χ0v) is 13.8. The molecule has 0 aromatic heterocycles. The smallest absolute Gasteiger partial charge is 0.316 e. The number of carbonyl (C=O) groups excluding carboxylic acids is 1. The molecule has 2 unspecified atom stereocenters. The van der Waals surface area contributed by atoms with Gasteiger partial charge in [-0.15, -0.1) is 0 Å². The lowest BCUT2D eigenvalue weighted by molar-refractivity contribution is -0.145. The van der Waals surface area contributed by atoms with Crippen LogP contribution in [0.3, 0.4) is 0 Å². The Balaban J connectivity index is 3.46. The first kappa shape index (κ1) is 17.9. The lowest BCUT2D eigenvalue weighted by Crippen LogP contribution is -2.18. The van der Waals surface area contributed by atoms with Crippen LogP contribution in [-0.2, 0) is 9.53 Å². The van der Waals surface area contributed by atoms with E-state index in [4.69, 9.17) is 4.74 Å². The van der Waals surface area contributed by atoms with Crippen molar-refractivity contribution in [1.82, 2.24) is 0 Å². The summed E-state index contributed by atoms with van der Waals surface area (Å²) >= 11 is 3.11. The van der Waals surface area contributed by atoms with Crippen molar-refractivity contribution in [2.24, 2.45) is 5.92 Å². The highest BCUT2D eigenvalue weighted by Crippen LogP contribution is 2.17. The first-order valence-electron chi connectivity index (χ1n) is 7.35. The summed E-state index contributed by atoms with van der Waals surface area (Å²) in [6.07, 6.45) is 10.4. The molecule has 0 radical (unpaired) electrons. The van der Waals surface area contributed by atoms with Crippen LogP contribution in [0.1, 0.15) is 72.1 Å². The molecule has 0 heterocycles. The van der Waals surface area contributed by atoms with E-state index in [2.05, 4.69) is 29.8 Å². The summed E-state index contributed by atoms with van der Waals surface area (Å²) in [5.41, 5.74) is 0. The molecule has 0 aromatic rings. The highest BCUT2D eigenvalue weighted by atomic mass is 79.9. The molecule has 0 aliphatic rings. The fourth-order valence-electron chi connectivity index (χ4n) is 2.26. The summed E-state index contributed by atoms with van der Waals surface area (Å²) < 4.78 is 5.24. The molecular formula is C15H29BrO2. The molecule has 0 fully saturated rings. The zero-order valence-electron chi connectivity index (χ0n) is 12.2. The molecule has 0 rings (SSSR count). The van der Waals surface area contributed by atoms with Crippen LogP contribution in [0.25, 0.3) is 0 Å². The van der Waals surface area contributed by atoms with Gasteiger partial charge in [0, 0.05) is 0 Å². The Morgan fingerprint density at radius 2 is 1.72 bits per heavy atom. The van der Waals surface area contributed by atoms with Gasteiger partial charge < -0.3 is 4.74 Å². The fourth-order valence-corrected chi connectivity index (χ4v) is 2.39. The maximum absolute atomic E-state index is 11.1. The number of unbranched alkanes of at least 4 members (excludes halogenated alkanes) is 5. The molecule has 0 saturated carbocycles. The second-order valence-corrected chi connectivity index (χ2v) is 5.89. The van der Waals surface area contributed by atoms with Crippen LogP contribution >= 0.6 is 15.9 Å². The first-order chi connectivity index (χ1) is 8.60. The minimum atomic E-state index is -0.158. The van der Waals surface area contributed by atoms with Gasteiger partial charge in [-0.25, -0.2) is 0 Å². The molecule has 3 heteroatoms. The Morgan fingerprint density at radius 1 is 1.11 bits per heavy atom. The summed E-state index contributed by atoms with van der Waals surface area (Å²) in [6, 6.07) is 0. The minimum absolute atomic E-state index is 0.0464. The molecule has 18 heavy (non-hydrogen) atoms. The molecule has 0 aliphatic heterocycles. The van der Waals surface area contributed by atoms with Gasteiger partial charge in [-0.2, -0.15) is 0 Å². The third-order valence-corrected chi connectivity index (χ3v) is 3.68. The van der Waals surface area contributed by atoms with Gasteiger partial charge in [0.15, 0.2) is 0 Å². The van der Waals surface area contributed by atoms with Crippen molar-refractivity contribution in [3.63, 3.8) is 0 Å². The largest absolute Gasteiger partial charge is 0.462 e. The molecule has 0 spiro atoms. The standard InChI is InChI=1S/C15H29BrO2/c1-4-5-6-7-8-9-10-13(2)11-14(3)18-15(17)12-16/h13-14H,4-12H2,1-3H3. The number of esters is 1. The van der Waals surface area contributed by atoms with Gasteiger partial charge >= 0.3 is 5.97 Å². The summed E-state index contributed by atoms with van der Waals surface area (Å²) in [7, 11) is 0. The highest BCUT2D eigenvalue weighted by molar-refractivity contribution is 9.09. The zero-order chi connectivity index (χ0) is 13.8. The Labute approximate surface area is 121 Å². The number of alkyl halides is 1. The molecule has 0 aromatic carbocycles. The van der Waals surface area contributed by atoms with E-state index < -0.39 is 0 Å². The van der Waals surface area contributed by atoms with Gasteiger partial charge in [0.05, 0.1) is 6.10 Å². The van der Waals surface area contributed by atoms with Crippen LogP contribution in [-0.4, -0.2) is 17.4 Å². The first-order valence-corrected chi connectivity index (χ1v) is 8.47. The normalized spacial score (nSPS) is 14.2. The third-order valence-electron chi connectivity index (χ3n) is 3.23. The van der Waals surface area contributed by atoms with E-state index in [1.165, 1.54) is 44.9 Å². The number of halogens is 1. The van der Waals surface area contributed by atoms with Crippen molar-refractivity contribution < 1.29 is 9.53 Å². The number of rotatable bonds is 11. The topological polar surface area (TPSA) is 26.3 Å². The van der Waals surface area contributed by atoms with E-state index in [1.54, 1.807) is 0 Å². The van der Waals surface area contributed by atoms with Crippen molar-refractivity contribution in [3.05, 3.63) is 0 Å². The predicted molar refractivity (Wildman–Crippen MR) is 81.1 cm³/mol. The third kappa shape index (κ3) is 11.1. The average Bonchev–Trinajstić information content (AvgIpc) is 2.33. The number of hydrogen-bond acceptors (Lipinski definition) is 2. The van der Waals surface area contributed by atoms with Crippen LogP contribution in [0.15, 0.2) is 0 Å². The molecule has 0 saturated heterocycles. The molecule has 108 valence electrons. The summed E-state index contributed by atoms with van der Waals surface area (Å²) in [4.78, 5) is 11.1. The molecule has 2 nitrogen and oxygen atoms in total. The predicted octanol–water partition coefficient (Wildman–Crippen LogP) is 5.09. The van der Waals surface area contributed by atoms with Crippen molar-refractivity contribution >= 4 is 21.9 Å². The van der Waals surface area contributed by atoms with Crippen molar-refractivity contribution in [3.8, 4) is 0 Å².